The number of benzene rings is 3. The van der Waals surface area contributed by atoms with Gasteiger partial charge >= 0.3 is 0 Å². The molecule has 0 amide bonds. The lowest BCUT2D eigenvalue weighted by Gasteiger charge is -2.10. The number of fused-ring (bicyclic) bond motifs is 3. The molecule has 0 fully saturated rings. The molecule has 1 unspecified atom stereocenters. The van der Waals surface area contributed by atoms with E-state index in [1.807, 2.05) is 0 Å². The fourth-order valence-corrected chi connectivity index (χ4v) is 4.09. The van der Waals surface area contributed by atoms with Crippen LogP contribution in [0.25, 0.3) is 33.6 Å². The van der Waals surface area contributed by atoms with E-state index in [4.69, 9.17) is 0 Å². The molecule has 0 saturated heterocycles. The van der Waals surface area contributed by atoms with Crippen molar-refractivity contribution in [3.63, 3.8) is 0 Å². The number of aromatic nitrogens is 1. The number of nitrogens with zero attached hydrogens (tertiary/aromatic N) is 1. The second-order valence-electron chi connectivity index (χ2n) is 6.88. The lowest BCUT2D eigenvalue weighted by molar-refractivity contribution is -0.683. The number of hydrogen-bond acceptors (Lipinski definition) is 0. The smallest absolute Gasteiger partial charge is 0.184 e. The molecule has 26 heavy (non-hydrogen) atoms. The van der Waals surface area contributed by atoms with E-state index < -0.39 is 0 Å². The third-order valence-corrected chi connectivity index (χ3v) is 5.35. The lowest BCUT2D eigenvalue weighted by Crippen LogP contribution is -2.38. The van der Waals surface area contributed by atoms with Crippen LogP contribution in [0.4, 0.5) is 0 Å². The van der Waals surface area contributed by atoms with Gasteiger partial charge in [-0.3, -0.25) is 0 Å². The largest absolute Gasteiger partial charge is 0.214 e. The van der Waals surface area contributed by atoms with Crippen molar-refractivity contribution in [2.75, 3.05) is 0 Å². The number of rotatable bonds is 2. The van der Waals surface area contributed by atoms with E-state index >= 15 is 0 Å². The van der Waals surface area contributed by atoms with Gasteiger partial charge in [0.2, 0.25) is 11.4 Å². The standard InChI is InChI=1S/C25H20N/c1-18-22-14-8-9-15-23(22)25-17-21(19-10-4-2-5-11-19)16-24(26(18)25)20-12-6-3-7-13-20/h2-18H,1H3/q+1. The SMILES string of the molecule is CC1c2ccccc2-c2cc(-c3ccccc3)cc(-c3ccccc3)[n+]21. The molecular weight excluding hydrogens is 314 g/mol. The summed E-state index contributed by atoms with van der Waals surface area (Å²) in [7, 11) is 0. The van der Waals surface area contributed by atoms with E-state index in [9.17, 15) is 0 Å². The highest BCUT2D eigenvalue weighted by Crippen LogP contribution is 2.38. The van der Waals surface area contributed by atoms with Crippen LogP contribution in [0.3, 0.4) is 0 Å². The van der Waals surface area contributed by atoms with Crippen LogP contribution in [0, 0.1) is 0 Å². The minimum absolute atomic E-state index is 0.334. The molecule has 4 aromatic rings. The number of pyridine rings is 1. The maximum atomic E-state index is 2.48. The Balaban J connectivity index is 1.83. The van der Waals surface area contributed by atoms with Crippen LogP contribution in [-0.4, -0.2) is 0 Å². The van der Waals surface area contributed by atoms with Gasteiger partial charge in [0.25, 0.3) is 0 Å². The summed E-state index contributed by atoms with van der Waals surface area (Å²) in [6.45, 7) is 2.30. The molecule has 0 saturated carbocycles. The summed E-state index contributed by atoms with van der Waals surface area (Å²) in [6, 6.07) is 35.1. The van der Waals surface area contributed by atoms with Gasteiger partial charge < -0.3 is 0 Å². The first-order valence-electron chi connectivity index (χ1n) is 9.12. The highest BCUT2D eigenvalue weighted by atomic mass is 15.0. The molecule has 1 aromatic heterocycles. The molecular formula is C25H20N+. The van der Waals surface area contributed by atoms with Crippen LogP contribution in [-0.2, 0) is 0 Å². The maximum absolute atomic E-state index is 2.48. The monoisotopic (exact) mass is 334 g/mol. The molecule has 1 aliphatic rings. The van der Waals surface area contributed by atoms with Crippen molar-refractivity contribution < 1.29 is 4.57 Å². The molecule has 2 heterocycles. The van der Waals surface area contributed by atoms with Gasteiger partial charge in [-0.1, -0.05) is 66.7 Å². The Morgan fingerprint density at radius 3 is 1.88 bits per heavy atom. The van der Waals surface area contributed by atoms with Gasteiger partial charge in [0.15, 0.2) is 6.04 Å². The van der Waals surface area contributed by atoms with Crippen LogP contribution in [0.5, 0.6) is 0 Å². The highest BCUT2D eigenvalue weighted by Gasteiger charge is 2.36. The molecule has 0 spiro atoms. The van der Waals surface area contributed by atoms with E-state index in [-0.39, 0.29) is 0 Å². The summed E-state index contributed by atoms with van der Waals surface area (Å²) >= 11 is 0. The molecule has 1 nitrogen and oxygen atoms in total. The van der Waals surface area contributed by atoms with Gasteiger partial charge in [-0.25, -0.2) is 0 Å². The van der Waals surface area contributed by atoms with Crippen LogP contribution in [0.15, 0.2) is 97.1 Å². The Morgan fingerprint density at radius 1 is 0.577 bits per heavy atom. The van der Waals surface area contributed by atoms with Crippen LogP contribution >= 0.6 is 0 Å². The minimum atomic E-state index is 0.334. The molecule has 3 aromatic carbocycles. The van der Waals surface area contributed by atoms with E-state index in [1.54, 1.807) is 0 Å². The predicted molar refractivity (Wildman–Crippen MR) is 107 cm³/mol. The average molecular weight is 334 g/mol. The van der Waals surface area contributed by atoms with Crippen molar-refractivity contribution in [1.29, 1.82) is 0 Å². The Bertz CT molecular complexity index is 1080. The van der Waals surface area contributed by atoms with Crippen LogP contribution < -0.4 is 4.57 Å². The summed E-state index contributed by atoms with van der Waals surface area (Å²) < 4.78 is 2.48. The van der Waals surface area contributed by atoms with Gasteiger partial charge in [0.1, 0.15) is 0 Å². The van der Waals surface area contributed by atoms with E-state index in [0.717, 1.165) is 0 Å². The van der Waals surface area contributed by atoms with Crippen molar-refractivity contribution in [2.24, 2.45) is 0 Å². The van der Waals surface area contributed by atoms with E-state index in [2.05, 4.69) is 109 Å². The van der Waals surface area contributed by atoms with Crippen LogP contribution in [0.1, 0.15) is 18.5 Å². The normalized spacial score (nSPS) is 14.7. The zero-order chi connectivity index (χ0) is 17.5. The minimum Gasteiger partial charge on any atom is -0.184 e. The number of hydrogen-bond donors (Lipinski definition) is 0. The van der Waals surface area contributed by atoms with E-state index in [1.165, 1.54) is 39.2 Å². The molecule has 1 heteroatoms. The predicted octanol–water partition coefficient (Wildman–Crippen LogP) is 5.90. The van der Waals surface area contributed by atoms with Crippen LogP contribution in [0.2, 0.25) is 0 Å². The molecule has 0 aliphatic carbocycles. The van der Waals surface area contributed by atoms with Crippen molar-refractivity contribution >= 4 is 0 Å². The summed E-state index contributed by atoms with van der Waals surface area (Å²) in [5, 5.41) is 0. The molecule has 0 bridgehead atoms. The lowest BCUT2D eigenvalue weighted by atomic mass is 10.00. The fraction of sp³-hybridized carbons (Fsp3) is 0.0800. The average Bonchev–Trinajstić information content (AvgIpc) is 3.01. The quantitative estimate of drug-likeness (QED) is 0.402. The van der Waals surface area contributed by atoms with E-state index in [0.29, 0.717) is 6.04 Å². The topological polar surface area (TPSA) is 3.88 Å². The molecule has 124 valence electrons. The Hall–Kier alpha value is -3.19. The van der Waals surface area contributed by atoms with Gasteiger partial charge in [-0.15, -0.1) is 0 Å². The van der Waals surface area contributed by atoms with Crippen molar-refractivity contribution in [3.8, 4) is 33.6 Å². The Morgan fingerprint density at radius 2 is 1.15 bits per heavy atom. The van der Waals surface area contributed by atoms with Gasteiger partial charge in [-0.05, 0) is 29.3 Å². The fourth-order valence-electron chi connectivity index (χ4n) is 4.09. The first-order chi connectivity index (χ1) is 12.8. The van der Waals surface area contributed by atoms with Crippen molar-refractivity contribution in [3.05, 3.63) is 103 Å². The Labute approximate surface area is 154 Å². The first-order valence-corrected chi connectivity index (χ1v) is 9.12. The van der Waals surface area contributed by atoms with Gasteiger partial charge in [0, 0.05) is 30.2 Å². The summed E-state index contributed by atoms with van der Waals surface area (Å²) in [5.74, 6) is 0. The molecule has 5 rings (SSSR count). The van der Waals surface area contributed by atoms with Crippen molar-refractivity contribution in [1.82, 2.24) is 0 Å². The third kappa shape index (κ3) is 2.28. The highest BCUT2D eigenvalue weighted by molar-refractivity contribution is 5.76. The molecule has 1 atom stereocenters. The summed E-state index contributed by atoms with van der Waals surface area (Å²) in [4.78, 5) is 0. The molecule has 0 radical (unpaired) electrons. The zero-order valence-electron chi connectivity index (χ0n) is 14.8. The Kier molecular flexibility index (Phi) is 3.46. The zero-order valence-corrected chi connectivity index (χ0v) is 14.8. The maximum Gasteiger partial charge on any atom is 0.214 e. The summed E-state index contributed by atoms with van der Waals surface area (Å²) in [5.41, 5.74) is 9.08. The second-order valence-corrected chi connectivity index (χ2v) is 6.88. The summed E-state index contributed by atoms with van der Waals surface area (Å²) in [6.07, 6.45) is 0. The third-order valence-electron chi connectivity index (χ3n) is 5.35. The molecule has 0 N–H and O–H groups in total. The molecule has 1 aliphatic heterocycles. The van der Waals surface area contributed by atoms with Crippen molar-refractivity contribution in [2.45, 2.75) is 13.0 Å². The second kappa shape index (κ2) is 5.96. The van der Waals surface area contributed by atoms with Gasteiger partial charge in [0.05, 0.1) is 5.56 Å². The van der Waals surface area contributed by atoms with Gasteiger partial charge in [-0.2, -0.15) is 4.57 Å². The first kappa shape index (κ1) is 15.1.